The third-order valence-electron chi connectivity index (χ3n) is 2.56. The monoisotopic (exact) mass is 298 g/mol. The van der Waals surface area contributed by atoms with Crippen LogP contribution in [0.5, 0.6) is 0 Å². The van der Waals surface area contributed by atoms with Crippen molar-refractivity contribution in [3.8, 4) is 0 Å². The van der Waals surface area contributed by atoms with Gasteiger partial charge in [0.2, 0.25) is 0 Å². The lowest BCUT2D eigenvalue weighted by atomic mass is 10.0. The summed E-state index contributed by atoms with van der Waals surface area (Å²) in [7, 11) is 1.81. The Balaban J connectivity index is 2.47. The van der Waals surface area contributed by atoms with E-state index in [1.807, 2.05) is 13.1 Å². The number of halogens is 2. The molecule has 0 amide bonds. The van der Waals surface area contributed by atoms with E-state index in [4.69, 9.17) is 5.84 Å². The van der Waals surface area contributed by atoms with E-state index in [2.05, 4.69) is 26.5 Å². The number of rotatable bonds is 3. The Hall–Kier alpha value is -1.24. The van der Waals surface area contributed by atoms with Gasteiger partial charge in [0.25, 0.3) is 0 Å². The molecule has 0 aliphatic heterocycles. The van der Waals surface area contributed by atoms with Gasteiger partial charge in [-0.05, 0) is 33.6 Å². The number of hydrogen-bond acceptors (Lipinski definition) is 3. The van der Waals surface area contributed by atoms with Gasteiger partial charge in [-0.25, -0.2) is 9.82 Å². The zero-order chi connectivity index (χ0) is 12.4. The molecule has 0 aliphatic rings. The fourth-order valence-electron chi connectivity index (χ4n) is 1.76. The first-order chi connectivity index (χ1) is 8.13. The molecule has 17 heavy (non-hydrogen) atoms. The Morgan fingerprint density at radius 1 is 1.53 bits per heavy atom. The summed E-state index contributed by atoms with van der Waals surface area (Å²) < 4.78 is 15.7. The molecule has 1 aromatic heterocycles. The molecule has 1 heterocycles. The van der Waals surface area contributed by atoms with E-state index in [-0.39, 0.29) is 11.9 Å². The summed E-state index contributed by atoms with van der Waals surface area (Å²) in [6, 6.07) is 6.00. The fourth-order valence-corrected chi connectivity index (χ4v) is 2.34. The molecule has 3 N–H and O–H groups in total. The third-order valence-corrected chi connectivity index (χ3v) is 3.17. The van der Waals surface area contributed by atoms with Crippen LogP contribution in [0.3, 0.4) is 0 Å². The number of nitrogens with two attached hydrogens (primary N) is 1. The predicted molar refractivity (Wildman–Crippen MR) is 66.5 cm³/mol. The average Bonchev–Trinajstić information content (AvgIpc) is 2.62. The molecule has 1 unspecified atom stereocenters. The lowest BCUT2D eigenvalue weighted by Gasteiger charge is -2.17. The molecule has 90 valence electrons. The van der Waals surface area contributed by atoms with Gasteiger partial charge in [-0.15, -0.1) is 0 Å². The second kappa shape index (κ2) is 4.95. The fraction of sp³-hybridized carbons (Fsp3) is 0.182. The number of aryl methyl sites for hydroxylation is 1. The predicted octanol–water partition coefficient (Wildman–Crippen LogP) is 1.87. The van der Waals surface area contributed by atoms with Crippen LogP contribution in [0.2, 0.25) is 0 Å². The van der Waals surface area contributed by atoms with Gasteiger partial charge in [0.05, 0.1) is 22.4 Å². The standard InChI is InChI=1S/C11H12BrFN4/c1-17-11(9(12)6-15-17)10(16-14)7-3-2-4-8(13)5-7/h2-6,10,16H,14H2,1H3. The van der Waals surface area contributed by atoms with Crippen molar-refractivity contribution < 1.29 is 4.39 Å². The molecule has 0 spiro atoms. The minimum atomic E-state index is -0.312. The Kier molecular flexibility index (Phi) is 3.56. The zero-order valence-corrected chi connectivity index (χ0v) is 10.8. The summed E-state index contributed by atoms with van der Waals surface area (Å²) >= 11 is 3.40. The molecule has 0 radical (unpaired) electrons. The summed E-state index contributed by atoms with van der Waals surface area (Å²) in [5.41, 5.74) is 4.26. The van der Waals surface area contributed by atoms with Crippen LogP contribution in [-0.2, 0) is 7.05 Å². The summed E-state index contributed by atoms with van der Waals surface area (Å²) in [5.74, 6) is 5.26. The van der Waals surface area contributed by atoms with Crippen molar-refractivity contribution in [1.29, 1.82) is 0 Å². The van der Waals surface area contributed by atoms with Gasteiger partial charge in [0.15, 0.2) is 0 Å². The molecule has 4 nitrogen and oxygen atoms in total. The van der Waals surface area contributed by atoms with Crippen LogP contribution in [0.1, 0.15) is 17.3 Å². The first-order valence-corrected chi connectivity index (χ1v) is 5.81. The molecular formula is C11H12BrFN4. The van der Waals surface area contributed by atoms with Crippen molar-refractivity contribution in [3.63, 3.8) is 0 Å². The van der Waals surface area contributed by atoms with Gasteiger partial charge in [-0.1, -0.05) is 12.1 Å². The van der Waals surface area contributed by atoms with Crippen molar-refractivity contribution >= 4 is 15.9 Å². The number of hydrazine groups is 1. The van der Waals surface area contributed by atoms with Gasteiger partial charge in [0.1, 0.15) is 5.82 Å². The van der Waals surface area contributed by atoms with Crippen molar-refractivity contribution in [1.82, 2.24) is 15.2 Å². The van der Waals surface area contributed by atoms with E-state index >= 15 is 0 Å². The number of nitrogens with one attached hydrogen (secondary N) is 1. The minimum absolute atomic E-state index is 0.291. The normalized spacial score (nSPS) is 12.7. The van der Waals surface area contributed by atoms with Crippen molar-refractivity contribution in [2.24, 2.45) is 12.9 Å². The van der Waals surface area contributed by atoms with E-state index in [0.29, 0.717) is 0 Å². The molecule has 0 aliphatic carbocycles. The summed E-state index contributed by atoms with van der Waals surface area (Å²) in [6.07, 6.45) is 1.68. The van der Waals surface area contributed by atoms with Gasteiger partial charge in [-0.2, -0.15) is 5.10 Å². The number of hydrogen-bond donors (Lipinski definition) is 2. The smallest absolute Gasteiger partial charge is 0.123 e. The number of benzene rings is 1. The average molecular weight is 299 g/mol. The van der Waals surface area contributed by atoms with Crippen molar-refractivity contribution in [3.05, 3.63) is 52.0 Å². The maximum absolute atomic E-state index is 13.2. The van der Waals surface area contributed by atoms with Gasteiger partial charge in [0, 0.05) is 7.05 Å². The zero-order valence-electron chi connectivity index (χ0n) is 9.19. The van der Waals surface area contributed by atoms with Crippen molar-refractivity contribution in [2.45, 2.75) is 6.04 Å². The molecule has 0 saturated carbocycles. The van der Waals surface area contributed by atoms with Crippen LogP contribution < -0.4 is 11.3 Å². The van der Waals surface area contributed by atoms with Crippen LogP contribution in [-0.4, -0.2) is 9.78 Å². The maximum atomic E-state index is 13.2. The Morgan fingerprint density at radius 2 is 2.29 bits per heavy atom. The van der Waals surface area contributed by atoms with Crippen LogP contribution in [0, 0.1) is 5.82 Å². The first-order valence-electron chi connectivity index (χ1n) is 5.02. The molecule has 6 heteroatoms. The van der Waals surface area contributed by atoms with Crippen molar-refractivity contribution in [2.75, 3.05) is 0 Å². The molecule has 0 saturated heterocycles. The highest BCUT2D eigenvalue weighted by atomic mass is 79.9. The highest BCUT2D eigenvalue weighted by molar-refractivity contribution is 9.10. The first kappa shape index (κ1) is 12.2. The Morgan fingerprint density at radius 3 is 2.82 bits per heavy atom. The SMILES string of the molecule is Cn1ncc(Br)c1C(NN)c1cccc(F)c1. The molecule has 0 fully saturated rings. The van der Waals surface area contributed by atoms with Gasteiger partial charge in [-0.3, -0.25) is 10.5 Å². The maximum Gasteiger partial charge on any atom is 0.123 e. The topological polar surface area (TPSA) is 55.9 Å². The summed E-state index contributed by atoms with van der Waals surface area (Å²) in [6.45, 7) is 0. The lowest BCUT2D eigenvalue weighted by molar-refractivity contribution is 0.565. The number of aromatic nitrogens is 2. The van der Waals surface area contributed by atoms with Gasteiger partial charge < -0.3 is 0 Å². The highest BCUT2D eigenvalue weighted by Crippen LogP contribution is 2.27. The molecule has 0 bridgehead atoms. The van der Waals surface area contributed by atoms with Crippen LogP contribution in [0.4, 0.5) is 4.39 Å². The molecule has 1 atom stereocenters. The van der Waals surface area contributed by atoms with Crippen LogP contribution in [0.15, 0.2) is 34.9 Å². The Labute approximate surface area is 107 Å². The molecular weight excluding hydrogens is 287 g/mol. The third kappa shape index (κ3) is 2.38. The second-order valence-electron chi connectivity index (χ2n) is 3.66. The molecule has 2 rings (SSSR count). The summed E-state index contributed by atoms with van der Waals surface area (Å²) in [5, 5.41) is 4.11. The largest absolute Gasteiger partial charge is 0.271 e. The van der Waals surface area contributed by atoms with E-state index in [1.165, 1.54) is 12.1 Å². The quantitative estimate of drug-likeness (QED) is 0.672. The van der Waals surface area contributed by atoms with Crippen LogP contribution >= 0.6 is 15.9 Å². The van der Waals surface area contributed by atoms with E-state index in [1.54, 1.807) is 16.9 Å². The minimum Gasteiger partial charge on any atom is -0.271 e. The van der Waals surface area contributed by atoms with E-state index < -0.39 is 0 Å². The van der Waals surface area contributed by atoms with Crippen LogP contribution in [0.25, 0.3) is 0 Å². The Bertz CT molecular complexity index is 506. The highest BCUT2D eigenvalue weighted by Gasteiger charge is 2.19. The van der Waals surface area contributed by atoms with Gasteiger partial charge >= 0.3 is 0 Å². The number of nitrogens with zero attached hydrogens (tertiary/aromatic N) is 2. The van der Waals surface area contributed by atoms with E-state index in [0.717, 1.165) is 15.7 Å². The molecule has 2 aromatic rings. The summed E-state index contributed by atoms with van der Waals surface area (Å²) in [4.78, 5) is 0. The van der Waals surface area contributed by atoms with E-state index in [9.17, 15) is 4.39 Å². The second-order valence-corrected chi connectivity index (χ2v) is 4.51. The lowest BCUT2D eigenvalue weighted by Crippen LogP contribution is -2.30. The molecule has 1 aromatic carbocycles.